The Balaban J connectivity index is 1.83. The lowest BCUT2D eigenvalue weighted by molar-refractivity contribution is -0.384. The van der Waals surface area contributed by atoms with Crippen molar-refractivity contribution in [2.24, 2.45) is 10.4 Å². The van der Waals surface area contributed by atoms with Gasteiger partial charge in [0, 0.05) is 42.1 Å². The van der Waals surface area contributed by atoms with Crippen molar-refractivity contribution in [2.75, 3.05) is 0 Å². The minimum absolute atomic E-state index is 0.00829. The predicted octanol–water partition coefficient (Wildman–Crippen LogP) is 4.62. The lowest BCUT2D eigenvalue weighted by atomic mass is 9.77. The average molecular weight is 371 g/mol. The fourth-order valence-electron chi connectivity index (χ4n) is 2.80. The first-order chi connectivity index (χ1) is 12.2. The molecule has 0 fully saturated rings. The lowest BCUT2D eigenvalue weighted by Crippen LogP contribution is -2.26. The number of Topliss-reactive ketones (excluding diaryl/α,β-unsaturated/α-hetero) is 1. The van der Waals surface area contributed by atoms with Gasteiger partial charge in [-0.3, -0.25) is 14.9 Å². The Morgan fingerprint density at radius 2 is 2.15 bits per heavy atom. The molecule has 1 aromatic carbocycles. The molecule has 1 heterocycles. The third-order valence-electron chi connectivity index (χ3n) is 4.05. The van der Waals surface area contributed by atoms with Crippen LogP contribution in [0.3, 0.4) is 0 Å². The predicted molar refractivity (Wildman–Crippen MR) is 100 cm³/mol. The minimum Gasteiger partial charge on any atom is -0.511 e. The second kappa shape index (κ2) is 6.80. The van der Waals surface area contributed by atoms with E-state index in [1.54, 1.807) is 17.5 Å². The zero-order valence-corrected chi connectivity index (χ0v) is 15.1. The Bertz CT molecular complexity index is 943. The van der Waals surface area contributed by atoms with Crippen LogP contribution in [0.1, 0.15) is 26.7 Å². The monoisotopic (exact) mass is 371 g/mol. The standard InChI is InChI=1S/C18H17N3O4S/c1-18(2)7-15(22)13(16(23)8-18)9-19-17-20-14(10-26-17)11-4-3-5-12(6-11)21(24)25/h3-6,9-10,22H,7-8H2,1-2H3. The van der Waals surface area contributed by atoms with Crippen LogP contribution in [0, 0.1) is 15.5 Å². The van der Waals surface area contributed by atoms with E-state index in [1.807, 2.05) is 13.8 Å². The molecule has 0 bridgehead atoms. The summed E-state index contributed by atoms with van der Waals surface area (Å²) in [5, 5.41) is 23.1. The van der Waals surface area contributed by atoms with E-state index in [-0.39, 0.29) is 28.2 Å². The number of hydrogen-bond donors (Lipinski definition) is 1. The van der Waals surface area contributed by atoms with E-state index in [0.29, 0.717) is 29.2 Å². The van der Waals surface area contributed by atoms with E-state index in [9.17, 15) is 20.0 Å². The summed E-state index contributed by atoms with van der Waals surface area (Å²) in [6.45, 7) is 3.86. The summed E-state index contributed by atoms with van der Waals surface area (Å²) in [7, 11) is 0. The molecule has 1 aliphatic rings. The topological polar surface area (TPSA) is 106 Å². The van der Waals surface area contributed by atoms with Crippen molar-refractivity contribution in [1.29, 1.82) is 0 Å². The maximum absolute atomic E-state index is 12.2. The number of benzene rings is 1. The quantitative estimate of drug-likeness (QED) is 0.479. The molecule has 0 amide bonds. The summed E-state index contributed by atoms with van der Waals surface area (Å²) in [6, 6.07) is 6.20. The number of allylic oxidation sites excluding steroid dienone is 2. The van der Waals surface area contributed by atoms with Crippen LogP contribution in [0.25, 0.3) is 11.3 Å². The van der Waals surface area contributed by atoms with Crippen LogP contribution in [0.4, 0.5) is 10.8 Å². The number of carbonyl (C=O) groups excluding carboxylic acids is 1. The zero-order chi connectivity index (χ0) is 18.9. The number of rotatable bonds is 4. The van der Waals surface area contributed by atoms with Gasteiger partial charge in [0.1, 0.15) is 5.76 Å². The number of ketones is 1. The molecule has 8 heteroatoms. The smallest absolute Gasteiger partial charge is 0.270 e. The number of nitrogens with zero attached hydrogens (tertiary/aromatic N) is 3. The number of thiazole rings is 1. The van der Waals surface area contributed by atoms with Gasteiger partial charge in [-0.1, -0.05) is 26.0 Å². The van der Waals surface area contributed by atoms with Crippen LogP contribution in [-0.2, 0) is 4.79 Å². The highest BCUT2D eigenvalue weighted by atomic mass is 32.1. The molecule has 0 saturated heterocycles. The average Bonchev–Trinajstić information content (AvgIpc) is 3.02. The van der Waals surface area contributed by atoms with Crippen LogP contribution in [0.15, 0.2) is 46.0 Å². The molecule has 0 saturated carbocycles. The van der Waals surface area contributed by atoms with E-state index in [4.69, 9.17) is 0 Å². The van der Waals surface area contributed by atoms with Crippen LogP contribution >= 0.6 is 11.3 Å². The van der Waals surface area contributed by atoms with E-state index >= 15 is 0 Å². The van der Waals surface area contributed by atoms with Crippen molar-refractivity contribution in [3.63, 3.8) is 0 Å². The molecule has 1 aromatic heterocycles. The largest absolute Gasteiger partial charge is 0.511 e. The van der Waals surface area contributed by atoms with Crippen LogP contribution in [0.5, 0.6) is 0 Å². The summed E-state index contributed by atoms with van der Waals surface area (Å²) in [4.78, 5) is 31.1. The lowest BCUT2D eigenvalue weighted by Gasteiger charge is -2.28. The summed E-state index contributed by atoms with van der Waals surface area (Å²) in [5.41, 5.74) is 1.14. The zero-order valence-electron chi connectivity index (χ0n) is 14.3. The molecule has 2 aromatic rings. The SMILES string of the molecule is CC1(C)CC(=O)C(C=Nc2nc(-c3cccc([N+](=O)[O-])c3)cs2)=C(O)C1. The maximum atomic E-state index is 12.2. The number of aromatic nitrogens is 1. The van der Waals surface area contributed by atoms with Crippen molar-refractivity contribution in [2.45, 2.75) is 26.7 Å². The number of hydrogen-bond acceptors (Lipinski definition) is 7. The summed E-state index contributed by atoms with van der Waals surface area (Å²) in [6.07, 6.45) is 2.13. The first-order valence-corrected chi connectivity index (χ1v) is 8.83. The number of aliphatic imine (C=N–C) groups is 1. The second-order valence-electron chi connectivity index (χ2n) is 6.88. The first kappa shape index (κ1) is 17.9. The van der Waals surface area contributed by atoms with Gasteiger partial charge in [-0.2, -0.15) is 0 Å². The Morgan fingerprint density at radius 3 is 2.85 bits per heavy atom. The molecular formula is C18H17N3O4S. The van der Waals surface area contributed by atoms with Crippen molar-refractivity contribution in [1.82, 2.24) is 4.98 Å². The number of non-ortho nitro benzene ring substituents is 1. The summed E-state index contributed by atoms with van der Waals surface area (Å²) >= 11 is 1.26. The Kier molecular flexibility index (Phi) is 4.69. The van der Waals surface area contributed by atoms with Crippen molar-refractivity contribution < 1.29 is 14.8 Å². The minimum atomic E-state index is -0.458. The van der Waals surface area contributed by atoms with Crippen LogP contribution < -0.4 is 0 Å². The van der Waals surface area contributed by atoms with Crippen LogP contribution in [-0.4, -0.2) is 27.0 Å². The van der Waals surface area contributed by atoms with Crippen LogP contribution in [0.2, 0.25) is 0 Å². The van der Waals surface area contributed by atoms with Gasteiger partial charge in [-0.15, -0.1) is 11.3 Å². The number of aliphatic hydroxyl groups excluding tert-OH is 1. The maximum Gasteiger partial charge on any atom is 0.270 e. The highest BCUT2D eigenvalue weighted by Crippen LogP contribution is 2.35. The van der Waals surface area contributed by atoms with Gasteiger partial charge in [0.15, 0.2) is 5.78 Å². The molecule has 1 aliphatic carbocycles. The van der Waals surface area contributed by atoms with Gasteiger partial charge in [0.25, 0.3) is 5.69 Å². The molecule has 134 valence electrons. The van der Waals surface area contributed by atoms with Crippen molar-refractivity contribution in [3.8, 4) is 11.3 Å². The molecular weight excluding hydrogens is 354 g/mol. The molecule has 0 spiro atoms. The van der Waals surface area contributed by atoms with Crippen molar-refractivity contribution in [3.05, 3.63) is 51.1 Å². The van der Waals surface area contributed by atoms with Crippen molar-refractivity contribution >= 4 is 34.2 Å². The molecule has 0 aliphatic heterocycles. The molecule has 0 unspecified atom stereocenters. The first-order valence-electron chi connectivity index (χ1n) is 7.95. The van der Waals surface area contributed by atoms with Gasteiger partial charge in [-0.25, -0.2) is 9.98 Å². The highest BCUT2D eigenvalue weighted by molar-refractivity contribution is 7.13. The van der Waals surface area contributed by atoms with Gasteiger partial charge < -0.3 is 5.11 Å². The van der Waals surface area contributed by atoms with Gasteiger partial charge in [0.2, 0.25) is 5.13 Å². The fourth-order valence-corrected chi connectivity index (χ4v) is 3.47. The Morgan fingerprint density at radius 1 is 1.38 bits per heavy atom. The third kappa shape index (κ3) is 3.85. The summed E-state index contributed by atoms with van der Waals surface area (Å²) in [5.74, 6) is -0.0940. The van der Waals surface area contributed by atoms with Gasteiger partial charge in [-0.05, 0) is 5.41 Å². The molecule has 0 atom stereocenters. The Labute approximate surface area is 153 Å². The Hall–Kier alpha value is -2.87. The van der Waals surface area contributed by atoms with E-state index < -0.39 is 4.92 Å². The van der Waals surface area contributed by atoms with Gasteiger partial charge >= 0.3 is 0 Å². The second-order valence-corrected chi connectivity index (χ2v) is 7.72. The third-order valence-corrected chi connectivity index (χ3v) is 4.79. The molecule has 7 nitrogen and oxygen atoms in total. The number of carbonyl (C=O) groups is 1. The van der Waals surface area contributed by atoms with E-state index in [1.165, 1.54) is 29.7 Å². The molecule has 3 rings (SSSR count). The van der Waals surface area contributed by atoms with Gasteiger partial charge in [0.05, 0.1) is 16.2 Å². The molecule has 26 heavy (non-hydrogen) atoms. The highest BCUT2D eigenvalue weighted by Gasteiger charge is 2.32. The molecule has 0 radical (unpaired) electrons. The fraction of sp³-hybridized carbons (Fsp3) is 0.278. The summed E-state index contributed by atoms with van der Waals surface area (Å²) < 4.78 is 0. The molecule has 1 N–H and O–H groups in total. The number of nitro benzene ring substituents is 1. The number of aliphatic hydroxyl groups is 1. The van der Waals surface area contributed by atoms with E-state index in [2.05, 4.69) is 9.98 Å². The number of nitro groups is 1. The van der Waals surface area contributed by atoms with E-state index in [0.717, 1.165) is 0 Å². The normalized spacial score (nSPS) is 17.1.